The molecule has 2 heterocycles. The van der Waals surface area contributed by atoms with Gasteiger partial charge in [0.15, 0.2) is 6.29 Å². The Morgan fingerprint density at radius 1 is 1.18 bits per heavy atom. The van der Waals surface area contributed by atoms with Crippen molar-refractivity contribution in [2.45, 2.75) is 51.2 Å². The molecule has 1 aliphatic carbocycles. The molecule has 2 fully saturated rings. The van der Waals surface area contributed by atoms with Gasteiger partial charge in [-0.2, -0.15) is 0 Å². The van der Waals surface area contributed by atoms with E-state index in [0.717, 1.165) is 37.7 Å². The Hall–Kier alpha value is -2.95. The van der Waals surface area contributed by atoms with Crippen molar-refractivity contribution >= 4 is 32.6 Å². The molecule has 210 valence electrons. The summed E-state index contributed by atoms with van der Waals surface area (Å²) in [6, 6.07) is 9.35. The zero-order chi connectivity index (χ0) is 27.7. The lowest BCUT2D eigenvalue weighted by atomic mass is 10.00. The standard InChI is InChI=1S/C29H35FN2O6S/c1-18(17-37-26-6-4-5-13-36-26)16-32(39(3,34)35)24-15-25-23(14-22(24)19-7-8-19)27(29(33)31-2)28(38-25)20-9-11-21(30)12-10-20/h9-12,14-15,18-19,26H,4-8,13,16-17H2,1-3H3,(H,31,33)/t18-,26?/m0/s1. The minimum Gasteiger partial charge on any atom is -0.455 e. The van der Waals surface area contributed by atoms with Gasteiger partial charge in [-0.1, -0.05) is 6.92 Å². The fourth-order valence-electron chi connectivity index (χ4n) is 5.10. The van der Waals surface area contributed by atoms with E-state index in [1.807, 2.05) is 13.0 Å². The van der Waals surface area contributed by atoms with Crippen molar-refractivity contribution in [1.29, 1.82) is 0 Å². The van der Waals surface area contributed by atoms with Gasteiger partial charge in [0.2, 0.25) is 10.0 Å². The number of furan rings is 1. The normalized spacial score (nSPS) is 18.7. The van der Waals surface area contributed by atoms with Crippen LogP contribution < -0.4 is 9.62 Å². The zero-order valence-electron chi connectivity index (χ0n) is 22.5. The SMILES string of the molecule is CNC(=O)c1c(-c2ccc(F)cc2)oc2cc(N(C[C@H](C)COC3CCCCO3)S(C)(=O)=O)c(C3CC3)cc12. The van der Waals surface area contributed by atoms with Gasteiger partial charge < -0.3 is 19.2 Å². The number of ether oxygens (including phenoxy) is 2. The Labute approximate surface area is 228 Å². The predicted octanol–water partition coefficient (Wildman–Crippen LogP) is 5.42. The lowest BCUT2D eigenvalue weighted by molar-refractivity contribution is -0.167. The molecule has 5 rings (SSSR count). The van der Waals surface area contributed by atoms with E-state index in [9.17, 15) is 17.6 Å². The maximum absolute atomic E-state index is 13.6. The number of nitrogens with one attached hydrogen (secondary N) is 1. The molecule has 8 nitrogen and oxygen atoms in total. The van der Waals surface area contributed by atoms with Crippen LogP contribution in [0.25, 0.3) is 22.3 Å². The first kappa shape index (κ1) is 27.6. The molecule has 0 bridgehead atoms. The van der Waals surface area contributed by atoms with Gasteiger partial charge in [-0.25, -0.2) is 12.8 Å². The van der Waals surface area contributed by atoms with E-state index in [1.54, 1.807) is 25.2 Å². The van der Waals surface area contributed by atoms with Gasteiger partial charge in [0, 0.05) is 37.2 Å². The number of rotatable bonds is 10. The third-order valence-electron chi connectivity index (χ3n) is 7.27. The Bertz CT molecular complexity index is 1440. The van der Waals surface area contributed by atoms with Crippen LogP contribution in [0, 0.1) is 11.7 Å². The molecule has 0 radical (unpaired) electrons. The minimum atomic E-state index is -3.65. The van der Waals surface area contributed by atoms with Crippen molar-refractivity contribution in [1.82, 2.24) is 5.32 Å². The van der Waals surface area contributed by atoms with Gasteiger partial charge >= 0.3 is 0 Å². The third kappa shape index (κ3) is 6.13. The molecule has 1 saturated carbocycles. The summed E-state index contributed by atoms with van der Waals surface area (Å²) in [7, 11) is -2.11. The van der Waals surface area contributed by atoms with Crippen molar-refractivity contribution in [3.05, 3.63) is 53.3 Å². The summed E-state index contributed by atoms with van der Waals surface area (Å²) in [5.41, 5.74) is 2.70. The first-order valence-electron chi connectivity index (χ1n) is 13.4. The first-order chi connectivity index (χ1) is 18.7. The number of halogens is 1. The molecule has 1 unspecified atom stereocenters. The minimum absolute atomic E-state index is 0.0965. The lowest BCUT2D eigenvalue weighted by Crippen LogP contribution is -2.36. The number of nitrogens with zero attached hydrogens (tertiary/aromatic N) is 1. The molecular formula is C29H35FN2O6S. The number of carbonyl (C=O) groups excluding carboxylic acids is 1. The molecule has 1 N–H and O–H groups in total. The highest BCUT2D eigenvalue weighted by Crippen LogP contribution is 2.48. The Kier molecular flexibility index (Phi) is 7.98. The van der Waals surface area contributed by atoms with Crippen LogP contribution in [0.5, 0.6) is 0 Å². The summed E-state index contributed by atoms with van der Waals surface area (Å²) in [6.45, 7) is 3.23. The Morgan fingerprint density at radius 3 is 2.54 bits per heavy atom. The molecule has 10 heteroatoms. The number of benzene rings is 2. The number of hydrogen-bond acceptors (Lipinski definition) is 6. The molecule has 0 spiro atoms. The summed E-state index contributed by atoms with van der Waals surface area (Å²) in [6.07, 6.45) is 5.75. The number of hydrogen-bond donors (Lipinski definition) is 1. The maximum Gasteiger partial charge on any atom is 0.255 e. The number of carbonyl (C=O) groups is 1. The van der Waals surface area contributed by atoms with Gasteiger partial charge in [0.05, 0.1) is 24.1 Å². The van der Waals surface area contributed by atoms with E-state index in [2.05, 4.69) is 5.32 Å². The van der Waals surface area contributed by atoms with E-state index in [1.165, 1.54) is 22.7 Å². The average Bonchev–Trinajstić information content (AvgIpc) is 3.70. The maximum atomic E-state index is 13.6. The number of sulfonamides is 1. The largest absolute Gasteiger partial charge is 0.455 e. The fourth-order valence-corrected chi connectivity index (χ4v) is 6.14. The molecule has 1 aliphatic heterocycles. The second-order valence-electron chi connectivity index (χ2n) is 10.6. The van der Waals surface area contributed by atoms with Gasteiger partial charge in [-0.15, -0.1) is 0 Å². The van der Waals surface area contributed by atoms with Crippen LogP contribution in [0.4, 0.5) is 10.1 Å². The summed E-state index contributed by atoms with van der Waals surface area (Å²) in [5.74, 6) is -0.327. The van der Waals surface area contributed by atoms with Crippen LogP contribution in [0.1, 0.15) is 60.9 Å². The van der Waals surface area contributed by atoms with E-state index in [0.29, 0.717) is 46.8 Å². The molecule has 1 aromatic heterocycles. The molecule has 2 aliphatic rings. The van der Waals surface area contributed by atoms with Crippen molar-refractivity contribution in [2.75, 3.05) is 37.4 Å². The van der Waals surface area contributed by atoms with Gasteiger partial charge in [-0.05, 0) is 79.8 Å². The van der Waals surface area contributed by atoms with Crippen molar-refractivity contribution < 1.29 is 31.5 Å². The quantitative estimate of drug-likeness (QED) is 0.357. The highest BCUT2D eigenvalue weighted by atomic mass is 32.2. The van der Waals surface area contributed by atoms with E-state index in [-0.39, 0.29) is 30.6 Å². The van der Waals surface area contributed by atoms with E-state index >= 15 is 0 Å². The molecule has 39 heavy (non-hydrogen) atoms. The van der Waals surface area contributed by atoms with Crippen molar-refractivity contribution in [3.8, 4) is 11.3 Å². The van der Waals surface area contributed by atoms with Gasteiger partial charge in [0.1, 0.15) is 17.2 Å². The van der Waals surface area contributed by atoms with Crippen LogP contribution in [0.3, 0.4) is 0 Å². The fraction of sp³-hybridized carbons (Fsp3) is 0.483. The van der Waals surface area contributed by atoms with Crippen LogP contribution in [-0.4, -0.2) is 53.7 Å². The van der Waals surface area contributed by atoms with Crippen LogP contribution in [0.2, 0.25) is 0 Å². The summed E-state index contributed by atoms with van der Waals surface area (Å²) < 4.78 is 59.1. The van der Waals surface area contributed by atoms with Crippen LogP contribution in [-0.2, 0) is 19.5 Å². The lowest BCUT2D eigenvalue weighted by Gasteiger charge is -2.29. The second-order valence-corrected chi connectivity index (χ2v) is 12.5. The number of amides is 1. The Balaban J connectivity index is 1.54. The van der Waals surface area contributed by atoms with Crippen molar-refractivity contribution in [2.24, 2.45) is 5.92 Å². The molecular weight excluding hydrogens is 523 g/mol. The topological polar surface area (TPSA) is 98.1 Å². The molecule has 1 amide bonds. The second kappa shape index (κ2) is 11.3. The summed E-state index contributed by atoms with van der Waals surface area (Å²) in [5, 5.41) is 3.27. The highest BCUT2D eigenvalue weighted by molar-refractivity contribution is 7.92. The van der Waals surface area contributed by atoms with E-state index in [4.69, 9.17) is 13.9 Å². The molecule has 2 atom stereocenters. The Morgan fingerprint density at radius 2 is 1.92 bits per heavy atom. The molecule has 3 aromatic rings. The number of fused-ring (bicyclic) bond motifs is 1. The van der Waals surface area contributed by atoms with Gasteiger partial charge in [0.25, 0.3) is 5.91 Å². The smallest absolute Gasteiger partial charge is 0.255 e. The van der Waals surface area contributed by atoms with Crippen LogP contribution in [0.15, 0.2) is 40.8 Å². The molecule has 1 saturated heterocycles. The zero-order valence-corrected chi connectivity index (χ0v) is 23.4. The van der Waals surface area contributed by atoms with Crippen LogP contribution >= 0.6 is 0 Å². The van der Waals surface area contributed by atoms with Crippen molar-refractivity contribution in [3.63, 3.8) is 0 Å². The predicted molar refractivity (Wildman–Crippen MR) is 148 cm³/mol. The average molecular weight is 559 g/mol. The van der Waals surface area contributed by atoms with Gasteiger partial charge in [-0.3, -0.25) is 9.10 Å². The molecule has 2 aromatic carbocycles. The highest BCUT2D eigenvalue weighted by Gasteiger charge is 2.33. The van der Waals surface area contributed by atoms with E-state index < -0.39 is 15.8 Å². The summed E-state index contributed by atoms with van der Waals surface area (Å²) in [4.78, 5) is 13.0. The number of anilines is 1. The monoisotopic (exact) mass is 558 g/mol. The first-order valence-corrected chi connectivity index (χ1v) is 15.3. The summed E-state index contributed by atoms with van der Waals surface area (Å²) >= 11 is 0. The third-order valence-corrected chi connectivity index (χ3v) is 8.41.